The van der Waals surface area contributed by atoms with E-state index in [9.17, 15) is 4.79 Å². The molecule has 0 radical (unpaired) electrons. The normalized spacial score (nSPS) is 12.7. The number of carboxylic acid groups (broad SMARTS) is 1. The molecule has 0 bridgehead atoms. The molecule has 18 heavy (non-hydrogen) atoms. The van der Waals surface area contributed by atoms with Crippen LogP contribution in [0.4, 0.5) is 0 Å². The fraction of sp³-hybridized carbons (Fsp3) is 0.182. The molecule has 2 aromatic rings. The van der Waals surface area contributed by atoms with Crippen LogP contribution in [0.15, 0.2) is 24.4 Å². The summed E-state index contributed by atoms with van der Waals surface area (Å²) < 4.78 is 11.7. The van der Waals surface area contributed by atoms with Gasteiger partial charge in [0.2, 0.25) is 6.79 Å². The number of carboxylic acids is 1. The lowest BCUT2D eigenvalue weighted by Crippen LogP contribution is -2.08. The zero-order chi connectivity index (χ0) is 12.5. The molecular weight excluding hydrogens is 238 g/mol. The van der Waals surface area contributed by atoms with E-state index in [1.165, 1.54) is 4.68 Å². The SMILES string of the molecule is O=C(O)Cn1cc(-c2ccc3c(c2)OCO3)nn1. The molecule has 1 aromatic heterocycles. The van der Waals surface area contributed by atoms with Crippen molar-refractivity contribution in [2.75, 3.05) is 6.79 Å². The fourth-order valence-corrected chi connectivity index (χ4v) is 1.70. The van der Waals surface area contributed by atoms with Gasteiger partial charge in [-0.3, -0.25) is 4.79 Å². The monoisotopic (exact) mass is 247 g/mol. The van der Waals surface area contributed by atoms with Crippen LogP contribution >= 0.6 is 0 Å². The Hall–Kier alpha value is -2.57. The van der Waals surface area contributed by atoms with Crippen LogP contribution in [0.5, 0.6) is 11.5 Å². The summed E-state index contributed by atoms with van der Waals surface area (Å²) in [6.07, 6.45) is 1.58. The molecule has 7 heteroatoms. The van der Waals surface area contributed by atoms with Crippen molar-refractivity contribution in [1.29, 1.82) is 0 Å². The summed E-state index contributed by atoms with van der Waals surface area (Å²) in [7, 11) is 0. The second kappa shape index (κ2) is 4.02. The van der Waals surface area contributed by atoms with E-state index in [1.807, 2.05) is 6.07 Å². The van der Waals surface area contributed by atoms with Gasteiger partial charge < -0.3 is 14.6 Å². The van der Waals surface area contributed by atoms with E-state index in [2.05, 4.69) is 10.3 Å². The molecule has 0 atom stereocenters. The molecular formula is C11H9N3O4. The number of fused-ring (bicyclic) bond motifs is 1. The highest BCUT2D eigenvalue weighted by atomic mass is 16.7. The first kappa shape index (κ1) is 10.6. The number of benzene rings is 1. The molecule has 1 aliphatic heterocycles. The smallest absolute Gasteiger partial charge is 0.325 e. The van der Waals surface area contributed by atoms with Crippen molar-refractivity contribution >= 4 is 5.97 Å². The summed E-state index contributed by atoms with van der Waals surface area (Å²) in [5, 5.41) is 16.3. The van der Waals surface area contributed by atoms with Gasteiger partial charge >= 0.3 is 5.97 Å². The van der Waals surface area contributed by atoms with Gasteiger partial charge in [-0.05, 0) is 18.2 Å². The number of carbonyl (C=O) groups is 1. The Bertz CT molecular complexity index is 608. The maximum absolute atomic E-state index is 10.5. The van der Waals surface area contributed by atoms with Gasteiger partial charge in [0.15, 0.2) is 11.5 Å². The largest absolute Gasteiger partial charge is 0.480 e. The minimum absolute atomic E-state index is 0.211. The molecule has 3 rings (SSSR count). The maximum Gasteiger partial charge on any atom is 0.325 e. The third kappa shape index (κ3) is 1.86. The summed E-state index contributed by atoms with van der Waals surface area (Å²) in [6, 6.07) is 5.40. The topological polar surface area (TPSA) is 86.5 Å². The van der Waals surface area contributed by atoms with E-state index in [0.29, 0.717) is 17.2 Å². The summed E-state index contributed by atoms with van der Waals surface area (Å²) in [6.45, 7) is 0.00203. The Morgan fingerprint density at radius 2 is 2.22 bits per heavy atom. The molecule has 92 valence electrons. The number of nitrogens with zero attached hydrogens (tertiary/aromatic N) is 3. The average Bonchev–Trinajstić information content (AvgIpc) is 2.95. The molecule has 0 unspecified atom stereocenters. The van der Waals surface area contributed by atoms with E-state index in [-0.39, 0.29) is 13.3 Å². The Balaban J connectivity index is 1.90. The van der Waals surface area contributed by atoms with Crippen LogP contribution in [0, 0.1) is 0 Å². The number of ether oxygens (including phenoxy) is 2. The van der Waals surface area contributed by atoms with Crippen molar-refractivity contribution in [3.63, 3.8) is 0 Å². The van der Waals surface area contributed by atoms with Gasteiger partial charge in [-0.15, -0.1) is 5.10 Å². The predicted molar refractivity (Wildman–Crippen MR) is 59.2 cm³/mol. The standard InChI is InChI=1S/C11H9N3O4/c15-11(16)5-14-4-8(12-13-14)7-1-2-9-10(3-7)18-6-17-9/h1-4H,5-6H2,(H,15,16). The van der Waals surface area contributed by atoms with Gasteiger partial charge in [0.1, 0.15) is 12.2 Å². The zero-order valence-electron chi connectivity index (χ0n) is 9.24. The number of aliphatic carboxylic acids is 1. The van der Waals surface area contributed by atoms with Crippen molar-refractivity contribution in [3.05, 3.63) is 24.4 Å². The average molecular weight is 247 g/mol. The highest BCUT2D eigenvalue weighted by Gasteiger charge is 2.15. The quantitative estimate of drug-likeness (QED) is 0.861. The first-order chi connectivity index (χ1) is 8.72. The Kier molecular flexibility index (Phi) is 2.36. The fourth-order valence-electron chi connectivity index (χ4n) is 1.70. The molecule has 0 fully saturated rings. The van der Waals surface area contributed by atoms with Crippen molar-refractivity contribution in [1.82, 2.24) is 15.0 Å². The van der Waals surface area contributed by atoms with Crippen LogP contribution in [0.1, 0.15) is 0 Å². The Morgan fingerprint density at radius 1 is 1.39 bits per heavy atom. The maximum atomic E-state index is 10.5. The summed E-state index contributed by atoms with van der Waals surface area (Å²) in [5.74, 6) is 0.383. The van der Waals surface area contributed by atoms with Crippen LogP contribution < -0.4 is 9.47 Å². The van der Waals surface area contributed by atoms with Crippen LogP contribution in [-0.4, -0.2) is 32.9 Å². The highest BCUT2D eigenvalue weighted by Crippen LogP contribution is 2.35. The van der Waals surface area contributed by atoms with Crippen LogP contribution in [0.3, 0.4) is 0 Å². The lowest BCUT2D eigenvalue weighted by atomic mass is 10.1. The summed E-state index contributed by atoms with van der Waals surface area (Å²) >= 11 is 0. The molecule has 2 heterocycles. The van der Waals surface area contributed by atoms with Gasteiger partial charge in [-0.25, -0.2) is 4.68 Å². The molecule has 0 saturated heterocycles. The molecule has 7 nitrogen and oxygen atoms in total. The van der Waals surface area contributed by atoms with E-state index in [4.69, 9.17) is 14.6 Å². The summed E-state index contributed by atoms with van der Waals surface area (Å²) in [5.41, 5.74) is 1.39. The number of hydrogen-bond acceptors (Lipinski definition) is 5. The van der Waals surface area contributed by atoms with Crippen LogP contribution in [-0.2, 0) is 11.3 Å². The van der Waals surface area contributed by atoms with Crippen molar-refractivity contribution in [2.45, 2.75) is 6.54 Å². The van der Waals surface area contributed by atoms with Gasteiger partial charge in [0, 0.05) is 5.56 Å². The Morgan fingerprint density at radius 3 is 3.06 bits per heavy atom. The highest BCUT2D eigenvalue weighted by molar-refractivity contribution is 5.67. The number of hydrogen-bond donors (Lipinski definition) is 1. The number of rotatable bonds is 3. The van der Waals surface area contributed by atoms with E-state index >= 15 is 0 Å². The number of aromatic nitrogens is 3. The minimum atomic E-state index is -0.961. The van der Waals surface area contributed by atoms with E-state index in [0.717, 1.165) is 5.56 Å². The molecule has 0 aliphatic carbocycles. The predicted octanol–water partition coefficient (Wildman–Crippen LogP) is 0.758. The first-order valence-corrected chi connectivity index (χ1v) is 5.24. The van der Waals surface area contributed by atoms with Crippen molar-refractivity contribution in [3.8, 4) is 22.8 Å². The van der Waals surface area contributed by atoms with Gasteiger partial charge in [0.05, 0.1) is 6.20 Å². The van der Waals surface area contributed by atoms with E-state index < -0.39 is 5.97 Å². The van der Waals surface area contributed by atoms with E-state index in [1.54, 1.807) is 18.3 Å². The van der Waals surface area contributed by atoms with Gasteiger partial charge in [-0.2, -0.15) is 0 Å². The lowest BCUT2D eigenvalue weighted by molar-refractivity contribution is -0.137. The van der Waals surface area contributed by atoms with Crippen LogP contribution in [0.25, 0.3) is 11.3 Å². The summed E-state index contributed by atoms with van der Waals surface area (Å²) in [4.78, 5) is 10.5. The van der Waals surface area contributed by atoms with Crippen molar-refractivity contribution < 1.29 is 19.4 Å². The molecule has 0 spiro atoms. The zero-order valence-corrected chi connectivity index (χ0v) is 9.24. The van der Waals surface area contributed by atoms with Gasteiger partial charge in [-0.1, -0.05) is 5.21 Å². The molecule has 1 aromatic carbocycles. The van der Waals surface area contributed by atoms with Crippen molar-refractivity contribution in [2.24, 2.45) is 0 Å². The lowest BCUT2D eigenvalue weighted by Gasteiger charge is -1.98. The first-order valence-electron chi connectivity index (χ1n) is 5.24. The molecule has 1 N–H and O–H groups in total. The van der Waals surface area contributed by atoms with Gasteiger partial charge in [0.25, 0.3) is 0 Å². The van der Waals surface area contributed by atoms with Crippen LogP contribution in [0.2, 0.25) is 0 Å². The molecule has 0 saturated carbocycles. The second-order valence-electron chi connectivity index (χ2n) is 3.76. The minimum Gasteiger partial charge on any atom is -0.480 e. The second-order valence-corrected chi connectivity index (χ2v) is 3.76. The molecule has 1 aliphatic rings. The third-order valence-corrected chi connectivity index (χ3v) is 2.50. The molecule has 0 amide bonds. The third-order valence-electron chi connectivity index (χ3n) is 2.50. The Labute approximate surface area is 102 Å².